The molecule has 0 saturated carbocycles. The predicted molar refractivity (Wildman–Crippen MR) is 85.0 cm³/mol. The number of hydrogen-bond donors (Lipinski definition) is 1. The van der Waals surface area contributed by atoms with Crippen molar-refractivity contribution in [2.75, 3.05) is 13.7 Å². The van der Waals surface area contributed by atoms with Crippen LogP contribution in [0.1, 0.15) is 30.6 Å². The van der Waals surface area contributed by atoms with E-state index < -0.39 is 0 Å². The van der Waals surface area contributed by atoms with Crippen LogP contribution in [-0.4, -0.2) is 18.6 Å². The van der Waals surface area contributed by atoms with E-state index >= 15 is 0 Å². The van der Waals surface area contributed by atoms with Crippen LogP contribution in [0, 0.1) is 5.82 Å². The SMILES string of the molecule is CCCNC(c1cc(Br)ccc1F)c1ncccc1OC. The second-order valence-corrected chi connectivity index (χ2v) is 5.56. The number of nitrogens with one attached hydrogen (secondary N) is 1. The molecule has 0 bridgehead atoms. The molecule has 5 heteroatoms. The smallest absolute Gasteiger partial charge is 0.142 e. The molecule has 1 aromatic heterocycles. The molecule has 0 amide bonds. The summed E-state index contributed by atoms with van der Waals surface area (Å²) in [5, 5.41) is 3.34. The molecule has 0 saturated heterocycles. The third-order valence-electron chi connectivity index (χ3n) is 3.16. The Kier molecular flexibility index (Phi) is 5.70. The normalized spacial score (nSPS) is 12.2. The summed E-state index contributed by atoms with van der Waals surface area (Å²) in [6, 6.07) is 8.20. The van der Waals surface area contributed by atoms with Gasteiger partial charge in [-0.3, -0.25) is 4.98 Å². The van der Waals surface area contributed by atoms with Crippen LogP contribution in [-0.2, 0) is 0 Å². The summed E-state index contributed by atoms with van der Waals surface area (Å²) < 4.78 is 20.4. The van der Waals surface area contributed by atoms with Crippen LogP contribution in [0.5, 0.6) is 5.75 Å². The Balaban J connectivity index is 2.49. The molecule has 1 unspecified atom stereocenters. The van der Waals surface area contributed by atoms with Gasteiger partial charge in [-0.25, -0.2) is 4.39 Å². The Bertz CT molecular complexity index is 607. The molecule has 2 aromatic rings. The fraction of sp³-hybridized carbons (Fsp3) is 0.312. The fourth-order valence-electron chi connectivity index (χ4n) is 2.17. The second kappa shape index (κ2) is 7.52. The molecule has 0 fully saturated rings. The summed E-state index contributed by atoms with van der Waals surface area (Å²) in [6.07, 6.45) is 2.63. The van der Waals surface area contributed by atoms with Gasteiger partial charge in [-0.05, 0) is 43.3 Å². The third-order valence-corrected chi connectivity index (χ3v) is 3.65. The van der Waals surface area contributed by atoms with E-state index in [1.807, 2.05) is 6.07 Å². The number of aromatic nitrogens is 1. The highest BCUT2D eigenvalue weighted by molar-refractivity contribution is 9.10. The van der Waals surface area contributed by atoms with Crippen molar-refractivity contribution in [2.45, 2.75) is 19.4 Å². The lowest BCUT2D eigenvalue weighted by Gasteiger charge is -2.21. The van der Waals surface area contributed by atoms with Gasteiger partial charge in [0.15, 0.2) is 0 Å². The summed E-state index contributed by atoms with van der Waals surface area (Å²) in [4.78, 5) is 4.38. The molecular formula is C16H18BrFN2O. The first kappa shape index (κ1) is 15.9. The largest absolute Gasteiger partial charge is 0.495 e. The number of ether oxygens (including phenoxy) is 1. The van der Waals surface area contributed by atoms with Crippen LogP contribution >= 0.6 is 15.9 Å². The van der Waals surface area contributed by atoms with E-state index in [-0.39, 0.29) is 11.9 Å². The van der Waals surface area contributed by atoms with Gasteiger partial charge in [-0.1, -0.05) is 22.9 Å². The Morgan fingerprint density at radius 2 is 2.19 bits per heavy atom. The molecule has 0 aliphatic carbocycles. The first-order valence-corrected chi connectivity index (χ1v) is 7.64. The molecule has 0 aliphatic heterocycles. The van der Waals surface area contributed by atoms with Gasteiger partial charge in [0.25, 0.3) is 0 Å². The number of benzene rings is 1. The highest BCUT2D eigenvalue weighted by Gasteiger charge is 2.22. The Hall–Kier alpha value is -1.46. The van der Waals surface area contributed by atoms with Gasteiger partial charge >= 0.3 is 0 Å². The van der Waals surface area contributed by atoms with Crippen molar-refractivity contribution in [3.63, 3.8) is 0 Å². The molecule has 0 aliphatic rings. The Morgan fingerprint density at radius 3 is 2.90 bits per heavy atom. The van der Waals surface area contributed by atoms with Gasteiger partial charge in [0.2, 0.25) is 0 Å². The third kappa shape index (κ3) is 3.80. The quantitative estimate of drug-likeness (QED) is 0.850. The molecule has 112 valence electrons. The number of rotatable bonds is 6. The molecule has 1 aromatic carbocycles. The molecule has 0 radical (unpaired) electrons. The van der Waals surface area contributed by atoms with Crippen LogP contribution in [0.4, 0.5) is 4.39 Å². The molecule has 1 N–H and O–H groups in total. The molecule has 21 heavy (non-hydrogen) atoms. The van der Waals surface area contributed by atoms with Gasteiger partial charge in [0.05, 0.1) is 13.2 Å². The highest BCUT2D eigenvalue weighted by atomic mass is 79.9. The molecule has 1 atom stereocenters. The van der Waals surface area contributed by atoms with Crippen molar-refractivity contribution in [1.82, 2.24) is 10.3 Å². The molecular weight excluding hydrogens is 335 g/mol. The van der Waals surface area contributed by atoms with Crippen molar-refractivity contribution < 1.29 is 9.13 Å². The molecule has 2 rings (SSSR count). The maximum absolute atomic E-state index is 14.2. The molecule has 3 nitrogen and oxygen atoms in total. The minimum atomic E-state index is -0.349. The number of hydrogen-bond acceptors (Lipinski definition) is 3. The van der Waals surface area contributed by atoms with E-state index in [2.05, 4.69) is 33.2 Å². The predicted octanol–water partition coefficient (Wildman–Crippen LogP) is 4.08. The summed E-state index contributed by atoms with van der Waals surface area (Å²) >= 11 is 3.39. The first-order valence-electron chi connectivity index (χ1n) is 6.84. The topological polar surface area (TPSA) is 34.2 Å². The van der Waals surface area contributed by atoms with Gasteiger partial charge in [0.1, 0.15) is 17.3 Å². The van der Waals surface area contributed by atoms with E-state index in [9.17, 15) is 4.39 Å². The number of nitrogens with zero attached hydrogens (tertiary/aromatic N) is 1. The van der Waals surface area contributed by atoms with Gasteiger partial charge in [-0.2, -0.15) is 0 Å². The van der Waals surface area contributed by atoms with Crippen LogP contribution < -0.4 is 10.1 Å². The number of halogens is 2. The van der Waals surface area contributed by atoms with Crippen molar-refractivity contribution in [1.29, 1.82) is 0 Å². The average molecular weight is 353 g/mol. The molecule has 0 spiro atoms. The van der Waals surface area contributed by atoms with Crippen LogP contribution in [0.25, 0.3) is 0 Å². The lowest BCUT2D eigenvalue weighted by atomic mass is 10.0. The van der Waals surface area contributed by atoms with E-state index in [1.54, 1.807) is 31.5 Å². The number of methoxy groups -OCH3 is 1. The first-order chi connectivity index (χ1) is 10.2. The maximum Gasteiger partial charge on any atom is 0.142 e. The van der Waals surface area contributed by atoms with Gasteiger partial charge in [-0.15, -0.1) is 0 Å². The van der Waals surface area contributed by atoms with Crippen molar-refractivity contribution in [3.05, 3.63) is 58.1 Å². The van der Waals surface area contributed by atoms with Crippen LogP contribution in [0.15, 0.2) is 41.0 Å². The lowest BCUT2D eigenvalue weighted by Crippen LogP contribution is -2.25. The average Bonchev–Trinajstić information content (AvgIpc) is 2.51. The Morgan fingerprint density at radius 1 is 1.38 bits per heavy atom. The zero-order valence-electron chi connectivity index (χ0n) is 12.1. The van der Waals surface area contributed by atoms with E-state index in [0.29, 0.717) is 17.0 Å². The zero-order valence-corrected chi connectivity index (χ0v) is 13.7. The summed E-state index contributed by atoms with van der Waals surface area (Å²) in [7, 11) is 1.59. The fourth-order valence-corrected chi connectivity index (χ4v) is 2.55. The number of pyridine rings is 1. The maximum atomic E-state index is 14.2. The van der Waals surface area contributed by atoms with E-state index in [1.165, 1.54) is 6.07 Å². The Labute approximate surface area is 132 Å². The van der Waals surface area contributed by atoms with E-state index in [0.717, 1.165) is 17.4 Å². The zero-order chi connectivity index (χ0) is 15.2. The molecule has 1 heterocycles. The van der Waals surface area contributed by atoms with Crippen molar-refractivity contribution in [3.8, 4) is 5.75 Å². The van der Waals surface area contributed by atoms with Crippen LogP contribution in [0.3, 0.4) is 0 Å². The second-order valence-electron chi connectivity index (χ2n) is 4.64. The monoisotopic (exact) mass is 352 g/mol. The highest BCUT2D eigenvalue weighted by Crippen LogP contribution is 2.31. The minimum absolute atomic E-state index is 0.264. The standard InChI is InChI=1S/C16H18BrFN2O/c1-3-8-19-15(12-10-11(17)6-7-13(12)18)16-14(21-2)5-4-9-20-16/h4-7,9-10,15,19H,3,8H2,1-2H3. The summed E-state index contributed by atoms with van der Waals surface area (Å²) in [5.74, 6) is 0.380. The summed E-state index contributed by atoms with van der Waals surface area (Å²) in [5.41, 5.74) is 1.24. The van der Waals surface area contributed by atoms with Crippen molar-refractivity contribution in [2.24, 2.45) is 0 Å². The van der Waals surface area contributed by atoms with Gasteiger partial charge < -0.3 is 10.1 Å². The van der Waals surface area contributed by atoms with E-state index in [4.69, 9.17) is 4.74 Å². The van der Waals surface area contributed by atoms with Crippen LogP contribution in [0.2, 0.25) is 0 Å². The minimum Gasteiger partial charge on any atom is -0.495 e. The lowest BCUT2D eigenvalue weighted by molar-refractivity contribution is 0.398. The van der Waals surface area contributed by atoms with Gasteiger partial charge in [0, 0.05) is 16.2 Å². The van der Waals surface area contributed by atoms with Crippen molar-refractivity contribution >= 4 is 15.9 Å². The summed E-state index contributed by atoms with van der Waals surface area (Å²) in [6.45, 7) is 2.83.